The third kappa shape index (κ3) is 6.07. The second-order valence-corrected chi connectivity index (χ2v) is 11.5. The fourth-order valence-corrected chi connectivity index (χ4v) is 6.08. The Morgan fingerprint density at radius 3 is 1.64 bits per heavy atom. The van der Waals surface area contributed by atoms with E-state index in [1.54, 1.807) is 0 Å². The zero-order chi connectivity index (χ0) is 30.4. The minimum absolute atomic E-state index is 0.678. The highest BCUT2D eigenvalue weighted by Crippen LogP contribution is 2.39. The van der Waals surface area contributed by atoms with Gasteiger partial charge in [-0.1, -0.05) is 123 Å². The molecule has 7 aromatic rings. The fraction of sp³-hybridized carbons (Fsp3) is 0.143. The molecule has 3 nitrogen and oxygen atoms in total. The van der Waals surface area contributed by atoms with Gasteiger partial charge in [0.15, 0.2) is 0 Å². The van der Waals surface area contributed by atoms with E-state index in [0.29, 0.717) is 6.61 Å². The van der Waals surface area contributed by atoms with Crippen LogP contribution in [-0.2, 0) is 0 Å². The van der Waals surface area contributed by atoms with Gasteiger partial charge in [0.2, 0.25) is 0 Å². The van der Waals surface area contributed by atoms with Crippen molar-refractivity contribution in [2.75, 3.05) is 6.61 Å². The standard InChI is InChI=1S/C42H36N2O/c1-2-3-4-15-26-45-42-25-24-32(40-28-35(30-16-7-5-8-17-30)33-20-11-13-22-38(33)43-40)27-37(42)41-29-36(31-18-9-6-10-19-31)34-21-12-14-23-39(34)44-41/h5-14,16-25,27-29H,2-4,15,26H2,1H3. The van der Waals surface area contributed by atoms with E-state index >= 15 is 0 Å². The number of pyridine rings is 2. The van der Waals surface area contributed by atoms with Crippen LogP contribution in [0.1, 0.15) is 32.6 Å². The van der Waals surface area contributed by atoms with E-state index in [2.05, 4.69) is 146 Å². The van der Waals surface area contributed by atoms with Gasteiger partial charge in [-0.2, -0.15) is 0 Å². The number of ether oxygens (including phenoxy) is 1. The molecule has 0 aliphatic rings. The van der Waals surface area contributed by atoms with Gasteiger partial charge in [-0.15, -0.1) is 0 Å². The first-order valence-corrected chi connectivity index (χ1v) is 16.0. The number of fused-ring (bicyclic) bond motifs is 2. The molecule has 0 saturated heterocycles. The van der Waals surface area contributed by atoms with Crippen molar-refractivity contribution in [3.8, 4) is 50.5 Å². The Morgan fingerprint density at radius 1 is 0.467 bits per heavy atom. The van der Waals surface area contributed by atoms with E-state index in [1.165, 1.54) is 36.0 Å². The Labute approximate surface area is 265 Å². The molecule has 0 unspecified atom stereocenters. The lowest BCUT2D eigenvalue weighted by Gasteiger charge is -2.16. The van der Waals surface area contributed by atoms with E-state index in [-0.39, 0.29) is 0 Å². The Kier molecular flexibility index (Phi) is 8.33. The summed E-state index contributed by atoms with van der Waals surface area (Å²) in [5, 5.41) is 2.28. The van der Waals surface area contributed by atoms with E-state index in [1.807, 2.05) is 0 Å². The average molecular weight is 585 g/mol. The first kappa shape index (κ1) is 28.5. The molecule has 0 spiro atoms. The van der Waals surface area contributed by atoms with E-state index in [4.69, 9.17) is 14.7 Å². The van der Waals surface area contributed by atoms with Crippen LogP contribution in [0.4, 0.5) is 0 Å². The number of unbranched alkanes of at least 4 members (excludes halogenated alkanes) is 3. The molecule has 45 heavy (non-hydrogen) atoms. The van der Waals surface area contributed by atoms with Crippen LogP contribution in [0.25, 0.3) is 66.6 Å². The molecule has 0 bridgehead atoms. The van der Waals surface area contributed by atoms with E-state index < -0.39 is 0 Å². The molecular weight excluding hydrogens is 548 g/mol. The van der Waals surface area contributed by atoms with Gasteiger partial charge in [-0.25, -0.2) is 9.97 Å². The summed E-state index contributed by atoms with van der Waals surface area (Å²) in [6, 6.07) is 48.8. The lowest BCUT2D eigenvalue weighted by Crippen LogP contribution is -2.00. The molecule has 2 heterocycles. The maximum atomic E-state index is 6.49. The maximum Gasteiger partial charge on any atom is 0.128 e. The molecule has 0 aliphatic carbocycles. The highest BCUT2D eigenvalue weighted by molar-refractivity contribution is 5.98. The minimum Gasteiger partial charge on any atom is -0.493 e. The summed E-state index contributed by atoms with van der Waals surface area (Å²) in [5.74, 6) is 0.848. The van der Waals surface area contributed by atoms with Crippen molar-refractivity contribution < 1.29 is 4.74 Å². The second-order valence-electron chi connectivity index (χ2n) is 11.5. The lowest BCUT2D eigenvalue weighted by atomic mass is 9.95. The normalized spacial score (nSPS) is 11.2. The van der Waals surface area contributed by atoms with Gasteiger partial charge in [0, 0.05) is 21.9 Å². The molecule has 0 radical (unpaired) electrons. The summed E-state index contributed by atoms with van der Waals surface area (Å²) in [5.41, 5.74) is 10.4. The molecule has 0 amide bonds. The molecule has 2 aromatic heterocycles. The molecule has 0 atom stereocenters. The summed E-state index contributed by atoms with van der Waals surface area (Å²) in [6.45, 7) is 2.91. The molecule has 0 N–H and O–H groups in total. The highest BCUT2D eigenvalue weighted by Gasteiger charge is 2.16. The SMILES string of the molecule is CCCCCCOc1ccc(-c2cc(-c3ccccc3)c3ccccc3n2)cc1-c1cc(-c2ccccc2)c2ccccc2n1. The number of nitrogens with zero attached hydrogens (tertiary/aromatic N) is 2. The summed E-state index contributed by atoms with van der Waals surface area (Å²) in [7, 11) is 0. The number of aromatic nitrogens is 2. The van der Waals surface area contributed by atoms with Crippen LogP contribution in [0, 0.1) is 0 Å². The van der Waals surface area contributed by atoms with E-state index in [9.17, 15) is 0 Å². The van der Waals surface area contributed by atoms with Crippen molar-refractivity contribution in [1.82, 2.24) is 9.97 Å². The summed E-state index contributed by atoms with van der Waals surface area (Å²) in [4.78, 5) is 10.3. The van der Waals surface area contributed by atoms with Gasteiger partial charge < -0.3 is 4.74 Å². The zero-order valence-electron chi connectivity index (χ0n) is 25.6. The molecule has 7 rings (SSSR count). The number of hydrogen-bond donors (Lipinski definition) is 0. The van der Waals surface area contributed by atoms with E-state index in [0.717, 1.165) is 62.1 Å². The molecule has 3 heteroatoms. The van der Waals surface area contributed by atoms with Crippen molar-refractivity contribution in [3.05, 3.63) is 140 Å². The van der Waals surface area contributed by atoms with Crippen molar-refractivity contribution in [3.63, 3.8) is 0 Å². The molecular formula is C42H36N2O. The van der Waals surface area contributed by atoms with Crippen LogP contribution in [0.5, 0.6) is 5.75 Å². The zero-order valence-corrected chi connectivity index (χ0v) is 25.6. The van der Waals surface area contributed by atoms with Gasteiger partial charge in [-0.05, 0) is 71.1 Å². The lowest BCUT2D eigenvalue weighted by molar-refractivity contribution is 0.306. The fourth-order valence-electron chi connectivity index (χ4n) is 6.08. The summed E-state index contributed by atoms with van der Waals surface area (Å²) >= 11 is 0. The molecule has 0 aliphatic heterocycles. The third-order valence-electron chi connectivity index (χ3n) is 8.41. The quantitative estimate of drug-likeness (QED) is 0.150. The highest BCUT2D eigenvalue weighted by atomic mass is 16.5. The van der Waals surface area contributed by atoms with Crippen LogP contribution < -0.4 is 4.74 Å². The molecule has 0 fully saturated rings. The number of hydrogen-bond acceptors (Lipinski definition) is 3. The van der Waals surface area contributed by atoms with Crippen LogP contribution in [0.2, 0.25) is 0 Å². The molecule has 0 saturated carbocycles. The van der Waals surface area contributed by atoms with Crippen LogP contribution in [-0.4, -0.2) is 16.6 Å². The largest absolute Gasteiger partial charge is 0.493 e. The molecule has 220 valence electrons. The van der Waals surface area contributed by atoms with Gasteiger partial charge in [0.05, 0.1) is 29.0 Å². The average Bonchev–Trinajstić information content (AvgIpc) is 3.11. The molecule has 5 aromatic carbocycles. The van der Waals surface area contributed by atoms with Crippen LogP contribution in [0.15, 0.2) is 140 Å². The van der Waals surface area contributed by atoms with Crippen LogP contribution in [0.3, 0.4) is 0 Å². The summed E-state index contributed by atoms with van der Waals surface area (Å²) < 4.78 is 6.49. The predicted octanol–water partition coefficient (Wildman–Crippen LogP) is 11.4. The van der Waals surface area contributed by atoms with Crippen molar-refractivity contribution in [2.24, 2.45) is 0 Å². The maximum absolute atomic E-state index is 6.49. The Hall–Kier alpha value is -5.28. The van der Waals surface area contributed by atoms with Crippen molar-refractivity contribution >= 4 is 21.8 Å². The van der Waals surface area contributed by atoms with Crippen LogP contribution >= 0.6 is 0 Å². The van der Waals surface area contributed by atoms with Crippen molar-refractivity contribution in [2.45, 2.75) is 32.6 Å². The first-order valence-electron chi connectivity index (χ1n) is 16.0. The monoisotopic (exact) mass is 584 g/mol. The smallest absolute Gasteiger partial charge is 0.128 e. The Morgan fingerprint density at radius 2 is 1.02 bits per heavy atom. The van der Waals surface area contributed by atoms with Gasteiger partial charge >= 0.3 is 0 Å². The van der Waals surface area contributed by atoms with Gasteiger partial charge in [-0.3, -0.25) is 0 Å². The van der Waals surface area contributed by atoms with Crippen molar-refractivity contribution in [1.29, 1.82) is 0 Å². The van der Waals surface area contributed by atoms with Gasteiger partial charge in [0.25, 0.3) is 0 Å². The number of benzene rings is 5. The third-order valence-corrected chi connectivity index (χ3v) is 8.41. The predicted molar refractivity (Wildman–Crippen MR) is 188 cm³/mol. The summed E-state index contributed by atoms with van der Waals surface area (Å²) in [6.07, 6.45) is 4.62. The number of para-hydroxylation sites is 2. The first-order chi connectivity index (χ1) is 22.3. The second kappa shape index (κ2) is 13.2. The van der Waals surface area contributed by atoms with Gasteiger partial charge in [0.1, 0.15) is 5.75 Å². The Bertz CT molecular complexity index is 2070. The topological polar surface area (TPSA) is 35.0 Å². The number of rotatable bonds is 10. The minimum atomic E-state index is 0.678. The Balaban J connectivity index is 1.39.